The fraction of sp³-hybridized carbons (Fsp3) is 0.455. The zero-order valence-corrected chi connectivity index (χ0v) is 9.47. The second kappa shape index (κ2) is 6.07. The summed E-state index contributed by atoms with van der Waals surface area (Å²) >= 11 is 0. The van der Waals surface area contributed by atoms with E-state index in [1.165, 1.54) is 0 Å². The van der Waals surface area contributed by atoms with E-state index >= 15 is 0 Å². The number of nitrogens with one attached hydrogen (secondary N) is 1. The van der Waals surface area contributed by atoms with Crippen LogP contribution in [0.4, 0.5) is 0 Å². The molecule has 0 bridgehead atoms. The predicted molar refractivity (Wildman–Crippen MR) is 62.6 cm³/mol. The maximum atomic E-state index is 11.6. The molecule has 0 aliphatic carbocycles. The summed E-state index contributed by atoms with van der Waals surface area (Å²) in [5, 5.41) is 2.84. The summed E-state index contributed by atoms with van der Waals surface area (Å²) in [6.07, 6.45) is 7.41. The summed E-state index contributed by atoms with van der Waals surface area (Å²) in [7, 11) is 0. The average molecular weight is 222 g/mol. The van der Waals surface area contributed by atoms with Gasteiger partial charge in [0, 0.05) is 25.0 Å². The molecule has 16 heavy (non-hydrogen) atoms. The summed E-state index contributed by atoms with van der Waals surface area (Å²) in [6.45, 7) is 6.17. The zero-order valence-electron chi connectivity index (χ0n) is 9.47. The summed E-state index contributed by atoms with van der Waals surface area (Å²) in [5.41, 5.74) is 5.65. The number of hydrogen-bond donors (Lipinski definition) is 2. The molecule has 0 fully saturated rings. The van der Waals surface area contributed by atoms with Gasteiger partial charge in [0.1, 0.15) is 0 Å². The second-order valence-corrected chi connectivity index (χ2v) is 3.80. The highest BCUT2D eigenvalue weighted by Gasteiger charge is 2.14. The Hall–Kier alpha value is -1.62. The highest BCUT2D eigenvalue weighted by molar-refractivity contribution is 5.81. The lowest BCUT2D eigenvalue weighted by atomic mass is 10.2. The molecule has 0 aliphatic rings. The van der Waals surface area contributed by atoms with Crippen LogP contribution in [0.2, 0.25) is 0 Å². The number of amides is 1. The molecular weight excluding hydrogens is 204 g/mol. The summed E-state index contributed by atoms with van der Waals surface area (Å²) in [5.74, 6) is -0.146. The minimum atomic E-state index is -0.511. The first kappa shape index (κ1) is 12.4. The molecule has 1 aromatic rings. The van der Waals surface area contributed by atoms with Crippen LogP contribution in [0.25, 0.3) is 0 Å². The van der Waals surface area contributed by atoms with Crippen molar-refractivity contribution in [1.29, 1.82) is 0 Å². The van der Waals surface area contributed by atoms with Gasteiger partial charge >= 0.3 is 0 Å². The van der Waals surface area contributed by atoms with Crippen molar-refractivity contribution in [3.63, 3.8) is 0 Å². The molecule has 1 heterocycles. The number of carbonyl (C=O) groups excluding carboxylic acids is 1. The number of imidazole rings is 1. The van der Waals surface area contributed by atoms with E-state index in [-0.39, 0.29) is 11.9 Å². The Morgan fingerprint density at radius 1 is 1.75 bits per heavy atom. The topological polar surface area (TPSA) is 72.9 Å². The van der Waals surface area contributed by atoms with Crippen LogP contribution < -0.4 is 11.1 Å². The first-order valence-corrected chi connectivity index (χ1v) is 5.26. The van der Waals surface area contributed by atoms with Gasteiger partial charge in [-0.2, -0.15) is 0 Å². The van der Waals surface area contributed by atoms with Crippen LogP contribution in [0.3, 0.4) is 0 Å². The van der Waals surface area contributed by atoms with Crippen LogP contribution >= 0.6 is 0 Å². The van der Waals surface area contributed by atoms with E-state index in [1.807, 2.05) is 17.7 Å². The molecule has 1 rings (SSSR count). The van der Waals surface area contributed by atoms with Crippen LogP contribution in [0, 0.1) is 0 Å². The Kier molecular flexibility index (Phi) is 4.72. The number of aromatic nitrogens is 2. The van der Waals surface area contributed by atoms with Crippen LogP contribution in [0.5, 0.6) is 0 Å². The number of hydrogen-bond acceptors (Lipinski definition) is 3. The quantitative estimate of drug-likeness (QED) is 0.679. The van der Waals surface area contributed by atoms with Gasteiger partial charge in [-0.3, -0.25) is 4.79 Å². The van der Waals surface area contributed by atoms with Crippen molar-refractivity contribution in [2.75, 3.05) is 0 Å². The SMILES string of the molecule is C=CCC(N)C(=O)NC(C)Cn1ccnc1. The third-order valence-electron chi connectivity index (χ3n) is 2.19. The fourth-order valence-electron chi connectivity index (χ4n) is 1.39. The zero-order chi connectivity index (χ0) is 12.0. The monoisotopic (exact) mass is 222 g/mol. The van der Waals surface area contributed by atoms with E-state index in [0.29, 0.717) is 13.0 Å². The molecule has 3 N–H and O–H groups in total. The molecule has 0 aliphatic heterocycles. The normalized spacial score (nSPS) is 14.1. The van der Waals surface area contributed by atoms with Gasteiger partial charge in [0.05, 0.1) is 12.4 Å². The highest BCUT2D eigenvalue weighted by atomic mass is 16.2. The van der Waals surface area contributed by atoms with Gasteiger partial charge in [-0.15, -0.1) is 6.58 Å². The van der Waals surface area contributed by atoms with Gasteiger partial charge in [0.2, 0.25) is 5.91 Å². The van der Waals surface area contributed by atoms with E-state index in [9.17, 15) is 4.79 Å². The third kappa shape index (κ3) is 3.86. The van der Waals surface area contributed by atoms with E-state index in [4.69, 9.17) is 5.73 Å². The summed E-state index contributed by atoms with van der Waals surface area (Å²) in [4.78, 5) is 15.5. The standard InChI is InChI=1S/C11H18N4O/c1-3-4-10(12)11(16)14-9(2)7-15-6-5-13-8-15/h3,5-6,8-10H,1,4,7,12H2,2H3,(H,14,16). The van der Waals surface area contributed by atoms with Crippen LogP contribution in [0.15, 0.2) is 31.4 Å². The number of carbonyl (C=O) groups is 1. The highest BCUT2D eigenvalue weighted by Crippen LogP contribution is 1.94. The van der Waals surface area contributed by atoms with Crippen molar-refractivity contribution in [1.82, 2.24) is 14.9 Å². The Morgan fingerprint density at radius 2 is 2.50 bits per heavy atom. The largest absolute Gasteiger partial charge is 0.350 e. The molecule has 2 atom stereocenters. The molecule has 0 aromatic carbocycles. The third-order valence-corrected chi connectivity index (χ3v) is 2.19. The van der Waals surface area contributed by atoms with Gasteiger partial charge in [0.25, 0.3) is 0 Å². The van der Waals surface area contributed by atoms with Crippen molar-refractivity contribution in [3.8, 4) is 0 Å². The van der Waals surface area contributed by atoms with Crippen molar-refractivity contribution in [2.45, 2.75) is 32.0 Å². The molecule has 0 spiro atoms. The lowest BCUT2D eigenvalue weighted by Gasteiger charge is -2.17. The Labute approximate surface area is 95.4 Å². The molecule has 2 unspecified atom stereocenters. The van der Waals surface area contributed by atoms with E-state index < -0.39 is 6.04 Å². The van der Waals surface area contributed by atoms with Crippen LogP contribution in [0.1, 0.15) is 13.3 Å². The molecule has 0 saturated carbocycles. The Morgan fingerprint density at radius 3 is 3.06 bits per heavy atom. The number of rotatable bonds is 6. The first-order chi connectivity index (χ1) is 7.63. The van der Waals surface area contributed by atoms with Gasteiger partial charge in [-0.1, -0.05) is 6.08 Å². The van der Waals surface area contributed by atoms with Crippen molar-refractivity contribution < 1.29 is 4.79 Å². The lowest BCUT2D eigenvalue weighted by Crippen LogP contribution is -2.45. The maximum absolute atomic E-state index is 11.6. The Bertz CT molecular complexity index is 334. The molecule has 0 radical (unpaired) electrons. The van der Waals surface area contributed by atoms with E-state index in [2.05, 4.69) is 16.9 Å². The average Bonchev–Trinajstić information content (AvgIpc) is 2.70. The first-order valence-electron chi connectivity index (χ1n) is 5.26. The molecule has 88 valence electrons. The maximum Gasteiger partial charge on any atom is 0.237 e. The molecule has 5 heteroatoms. The smallest absolute Gasteiger partial charge is 0.237 e. The van der Waals surface area contributed by atoms with Crippen molar-refractivity contribution >= 4 is 5.91 Å². The number of nitrogens with zero attached hydrogens (tertiary/aromatic N) is 2. The van der Waals surface area contributed by atoms with Gasteiger partial charge in [-0.25, -0.2) is 4.98 Å². The van der Waals surface area contributed by atoms with E-state index in [0.717, 1.165) is 0 Å². The minimum Gasteiger partial charge on any atom is -0.350 e. The van der Waals surface area contributed by atoms with E-state index in [1.54, 1.807) is 18.6 Å². The molecule has 0 saturated heterocycles. The lowest BCUT2D eigenvalue weighted by molar-refractivity contribution is -0.122. The molecule has 1 aromatic heterocycles. The predicted octanol–water partition coefficient (Wildman–Crippen LogP) is 0.291. The van der Waals surface area contributed by atoms with Gasteiger partial charge < -0.3 is 15.6 Å². The molecular formula is C11H18N4O. The summed E-state index contributed by atoms with van der Waals surface area (Å²) in [6, 6.07) is -0.486. The Balaban J connectivity index is 2.36. The van der Waals surface area contributed by atoms with Crippen LogP contribution in [-0.4, -0.2) is 27.5 Å². The fourth-order valence-corrected chi connectivity index (χ4v) is 1.39. The summed E-state index contributed by atoms with van der Waals surface area (Å²) < 4.78 is 1.91. The second-order valence-electron chi connectivity index (χ2n) is 3.80. The van der Waals surface area contributed by atoms with Gasteiger partial charge in [-0.05, 0) is 13.3 Å². The minimum absolute atomic E-state index is 0.0255. The molecule has 5 nitrogen and oxygen atoms in total. The molecule has 1 amide bonds. The van der Waals surface area contributed by atoms with Gasteiger partial charge in [0.15, 0.2) is 0 Å². The number of nitrogens with two attached hydrogens (primary N) is 1. The van der Waals surface area contributed by atoms with Crippen molar-refractivity contribution in [2.24, 2.45) is 5.73 Å². The van der Waals surface area contributed by atoms with Crippen LogP contribution in [-0.2, 0) is 11.3 Å². The van der Waals surface area contributed by atoms with Crippen molar-refractivity contribution in [3.05, 3.63) is 31.4 Å².